The molecule has 1 aromatic carbocycles. The van der Waals surface area contributed by atoms with Crippen LogP contribution in [0, 0.1) is 5.92 Å². The zero-order chi connectivity index (χ0) is 11.2. The molecule has 2 rings (SSSR count). The molecule has 1 fully saturated rings. The molecule has 1 heterocycles. The van der Waals surface area contributed by atoms with Gasteiger partial charge in [-0.05, 0) is 49.5 Å². The first-order valence-electron chi connectivity index (χ1n) is 5.91. The van der Waals surface area contributed by atoms with E-state index in [9.17, 15) is 5.11 Å². The highest BCUT2D eigenvalue weighted by molar-refractivity contribution is 5.26. The lowest BCUT2D eigenvalue weighted by atomic mass is 9.99. The molecule has 1 saturated heterocycles. The first kappa shape index (κ1) is 11.4. The highest BCUT2D eigenvalue weighted by Gasteiger charge is 2.12. The van der Waals surface area contributed by atoms with Crippen molar-refractivity contribution < 1.29 is 9.84 Å². The molecule has 16 heavy (non-hydrogen) atoms. The van der Waals surface area contributed by atoms with E-state index in [-0.39, 0.29) is 0 Å². The summed E-state index contributed by atoms with van der Waals surface area (Å²) in [5, 5.41) is 12.6. The van der Waals surface area contributed by atoms with Crippen molar-refractivity contribution in [1.29, 1.82) is 0 Å². The Hall–Kier alpha value is -1.06. The zero-order valence-electron chi connectivity index (χ0n) is 9.48. The molecule has 0 radical (unpaired) electrons. The second-order valence-corrected chi connectivity index (χ2v) is 4.38. The van der Waals surface area contributed by atoms with E-state index in [4.69, 9.17) is 4.74 Å². The predicted molar refractivity (Wildman–Crippen MR) is 63.4 cm³/mol. The minimum absolute atomic E-state index is 0.308. The number of piperidine rings is 1. The van der Waals surface area contributed by atoms with Gasteiger partial charge in [-0.3, -0.25) is 0 Å². The molecular weight excluding hydrogens is 202 g/mol. The maximum absolute atomic E-state index is 9.30. The van der Waals surface area contributed by atoms with Crippen molar-refractivity contribution in [1.82, 2.24) is 5.32 Å². The first-order chi connectivity index (χ1) is 7.84. The molecule has 3 heteroatoms. The number of hydrogen-bond acceptors (Lipinski definition) is 3. The lowest BCUT2D eigenvalue weighted by Crippen LogP contribution is -2.29. The number of nitrogens with one attached hydrogen (secondary N) is 1. The van der Waals surface area contributed by atoms with Crippen LogP contribution in [0.1, 0.15) is 18.4 Å². The molecule has 88 valence electrons. The number of phenols is 1. The molecular formula is C13H19NO2. The Morgan fingerprint density at radius 1 is 1.31 bits per heavy atom. The highest BCUT2D eigenvalue weighted by atomic mass is 16.5. The number of hydrogen-bond donors (Lipinski definition) is 2. The number of phenolic OH excluding ortho intramolecular Hbond substituents is 1. The molecule has 0 atom stereocenters. The summed E-state index contributed by atoms with van der Waals surface area (Å²) in [6.07, 6.45) is 2.42. The topological polar surface area (TPSA) is 41.5 Å². The molecule has 2 N–H and O–H groups in total. The summed E-state index contributed by atoms with van der Waals surface area (Å²) in [6.45, 7) is 3.65. The van der Waals surface area contributed by atoms with Crippen LogP contribution in [0.25, 0.3) is 0 Å². The highest BCUT2D eigenvalue weighted by Crippen LogP contribution is 2.15. The first-order valence-corrected chi connectivity index (χ1v) is 5.91. The van der Waals surface area contributed by atoms with Crippen LogP contribution in [0.2, 0.25) is 0 Å². The van der Waals surface area contributed by atoms with Crippen LogP contribution in [0.15, 0.2) is 24.3 Å². The Bertz CT molecular complexity index is 321. The minimum Gasteiger partial charge on any atom is -0.508 e. The Kier molecular flexibility index (Phi) is 4.19. The molecule has 3 nitrogen and oxygen atoms in total. The second kappa shape index (κ2) is 5.87. The van der Waals surface area contributed by atoms with Gasteiger partial charge in [0.1, 0.15) is 5.75 Å². The molecule has 0 spiro atoms. The average Bonchev–Trinajstić information content (AvgIpc) is 2.30. The fourth-order valence-electron chi connectivity index (χ4n) is 2.04. The van der Waals surface area contributed by atoms with Gasteiger partial charge in [0.25, 0.3) is 0 Å². The van der Waals surface area contributed by atoms with Gasteiger partial charge in [-0.25, -0.2) is 0 Å². The van der Waals surface area contributed by atoms with Crippen LogP contribution in [0.4, 0.5) is 0 Å². The van der Waals surface area contributed by atoms with Crippen LogP contribution >= 0.6 is 0 Å². The third kappa shape index (κ3) is 3.51. The standard InChI is InChI=1S/C13H19NO2/c15-13-3-1-2-12(8-13)10-16-9-11-4-6-14-7-5-11/h1-3,8,11,14-15H,4-7,9-10H2. The van der Waals surface area contributed by atoms with Crippen molar-refractivity contribution in [3.63, 3.8) is 0 Å². The van der Waals surface area contributed by atoms with Crippen molar-refractivity contribution in [2.24, 2.45) is 5.92 Å². The summed E-state index contributed by atoms with van der Waals surface area (Å²) < 4.78 is 5.68. The van der Waals surface area contributed by atoms with E-state index in [2.05, 4.69) is 5.32 Å². The van der Waals surface area contributed by atoms with Gasteiger partial charge in [0, 0.05) is 6.61 Å². The van der Waals surface area contributed by atoms with E-state index in [0.29, 0.717) is 18.3 Å². The largest absolute Gasteiger partial charge is 0.508 e. The normalized spacial score (nSPS) is 17.5. The number of ether oxygens (including phenoxy) is 1. The van der Waals surface area contributed by atoms with Gasteiger partial charge in [0.2, 0.25) is 0 Å². The van der Waals surface area contributed by atoms with Crippen LogP contribution < -0.4 is 5.32 Å². The summed E-state index contributed by atoms with van der Waals surface area (Å²) in [4.78, 5) is 0. The summed E-state index contributed by atoms with van der Waals surface area (Å²) in [5.41, 5.74) is 1.04. The number of aromatic hydroxyl groups is 1. The van der Waals surface area contributed by atoms with Crippen molar-refractivity contribution in [2.75, 3.05) is 19.7 Å². The molecule has 0 bridgehead atoms. The summed E-state index contributed by atoms with van der Waals surface area (Å²) in [6, 6.07) is 7.25. The van der Waals surface area contributed by atoms with E-state index in [1.807, 2.05) is 12.1 Å². The fourth-order valence-corrected chi connectivity index (χ4v) is 2.04. The van der Waals surface area contributed by atoms with Gasteiger partial charge < -0.3 is 15.2 Å². The Labute approximate surface area is 96.4 Å². The maximum Gasteiger partial charge on any atom is 0.115 e. The molecule has 1 aromatic rings. The van der Waals surface area contributed by atoms with Gasteiger partial charge in [0.05, 0.1) is 6.61 Å². The smallest absolute Gasteiger partial charge is 0.115 e. The van der Waals surface area contributed by atoms with Gasteiger partial charge in [-0.1, -0.05) is 12.1 Å². The van der Waals surface area contributed by atoms with Gasteiger partial charge in [-0.15, -0.1) is 0 Å². The van der Waals surface area contributed by atoms with Gasteiger partial charge in [-0.2, -0.15) is 0 Å². The molecule has 0 unspecified atom stereocenters. The van der Waals surface area contributed by atoms with Crippen molar-refractivity contribution >= 4 is 0 Å². The molecule has 1 aliphatic heterocycles. The molecule has 1 aliphatic rings. The fraction of sp³-hybridized carbons (Fsp3) is 0.538. The minimum atomic E-state index is 0.308. The monoisotopic (exact) mass is 221 g/mol. The molecule has 0 saturated carbocycles. The van der Waals surface area contributed by atoms with E-state index >= 15 is 0 Å². The average molecular weight is 221 g/mol. The molecule has 0 amide bonds. The third-order valence-electron chi connectivity index (χ3n) is 2.99. The van der Waals surface area contributed by atoms with Crippen LogP contribution in [0.5, 0.6) is 5.75 Å². The van der Waals surface area contributed by atoms with Crippen LogP contribution in [-0.4, -0.2) is 24.8 Å². The lowest BCUT2D eigenvalue weighted by molar-refractivity contribution is 0.0762. The molecule has 0 aliphatic carbocycles. The Morgan fingerprint density at radius 2 is 2.12 bits per heavy atom. The summed E-state index contributed by atoms with van der Waals surface area (Å²) in [5.74, 6) is 1.00. The SMILES string of the molecule is Oc1cccc(COCC2CCNCC2)c1. The van der Waals surface area contributed by atoms with Crippen LogP contribution in [0.3, 0.4) is 0 Å². The Balaban J connectivity index is 1.71. The summed E-state index contributed by atoms with van der Waals surface area (Å²) >= 11 is 0. The van der Waals surface area contributed by atoms with E-state index in [1.165, 1.54) is 12.8 Å². The van der Waals surface area contributed by atoms with Crippen molar-refractivity contribution in [3.05, 3.63) is 29.8 Å². The van der Waals surface area contributed by atoms with Crippen molar-refractivity contribution in [2.45, 2.75) is 19.4 Å². The summed E-state index contributed by atoms with van der Waals surface area (Å²) in [7, 11) is 0. The van der Waals surface area contributed by atoms with E-state index in [0.717, 1.165) is 25.3 Å². The number of benzene rings is 1. The Morgan fingerprint density at radius 3 is 2.88 bits per heavy atom. The van der Waals surface area contributed by atoms with E-state index < -0.39 is 0 Å². The third-order valence-corrected chi connectivity index (χ3v) is 2.99. The van der Waals surface area contributed by atoms with Crippen LogP contribution in [-0.2, 0) is 11.3 Å². The lowest BCUT2D eigenvalue weighted by Gasteiger charge is -2.22. The maximum atomic E-state index is 9.30. The quantitative estimate of drug-likeness (QED) is 0.816. The van der Waals surface area contributed by atoms with Gasteiger partial charge in [0.15, 0.2) is 0 Å². The predicted octanol–water partition coefficient (Wildman–Crippen LogP) is 1.91. The van der Waals surface area contributed by atoms with E-state index in [1.54, 1.807) is 12.1 Å². The van der Waals surface area contributed by atoms with Gasteiger partial charge >= 0.3 is 0 Å². The van der Waals surface area contributed by atoms with Crippen molar-refractivity contribution in [3.8, 4) is 5.75 Å². The zero-order valence-corrected chi connectivity index (χ0v) is 9.48. The molecule has 0 aromatic heterocycles. The second-order valence-electron chi connectivity index (χ2n) is 4.38. The number of rotatable bonds is 4.